The van der Waals surface area contributed by atoms with Gasteiger partial charge in [-0.3, -0.25) is 0 Å². The molecular weight excluding hydrogens is 788 g/mol. The van der Waals surface area contributed by atoms with Gasteiger partial charge in [-0.05, 0) is 85.8 Å². The molecule has 0 saturated carbocycles. The summed E-state index contributed by atoms with van der Waals surface area (Å²) in [4.78, 5) is 6.39. The molecule has 5 nitrogen and oxygen atoms in total. The fourth-order valence-corrected chi connectivity index (χ4v) is 9.68. The summed E-state index contributed by atoms with van der Waals surface area (Å²) in [5.41, 5.74) is 0.928. The van der Waals surface area contributed by atoms with E-state index in [0.29, 0.717) is 5.75 Å². The van der Waals surface area contributed by atoms with Crippen molar-refractivity contribution < 1.29 is 23.2 Å². The third-order valence-electron chi connectivity index (χ3n) is 7.38. The van der Waals surface area contributed by atoms with Gasteiger partial charge in [-0.15, -0.1) is 23.2 Å². The van der Waals surface area contributed by atoms with Gasteiger partial charge in [-0.25, -0.2) is 8.42 Å². The van der Waals surface area contributed by atoms with E-state index >= 15 is 0 Å². The SMILES string of the molecule is Cc1ccc(S(=O)(=O)[O-])cc1.ClCCl.Oc1ccccc1[S+](c1ccccc1)c1ccccc1.[CH3-].[O-]c1ccccc1[S+](c1ccccc1)c1ccccc1. The van der Waals surface area contributed by atoms with Gasteiger partial charge in [-0.1, -0.05) is 127 Å². The number of halogens is 2. The molecule has 0 bridgehead atoms. The Kier molecular flexibility index (Phi) is 18.9. The van der Waals surface area contributed by atoms with Gasteiger partial charge < -0.3 is 22.2 Å². The number of benzene rings is 7. The lowest BCUT2D eigenvalue weighted by Crippen LogP contribution is -2.08. The first kappa shape index (κ1) is 44.7. The predicted molar refractivity (Wildman–Crippen MR) is 226 cm³/mol. The first-order chi connectivity index (χ1) is 26.1. The monoisotopic (exact) mass is 827 g/mol. The minimum absolute atomic E-state index is 0. The minimum atomic E-state index is -4.27. The standard InChI is InChI=1S/2C18H14OS.C7H8O3S.CH2Cl2.CH3/c2*19-17-13-7-8-14-18(17)20(15-9-3-1-4-10-15)16-11-5-2-6-12-16;1-6-2-4-7(5-3-6)11(8,9)10;2-1-3;/h2*1-14H;2-5H,1H3,(H,8,9,10);1H2;1H3/q;;;;-1. The molecule has 7 aromatic carbocycles. The van der Waals surface area contributed by atoms with Gasteiger partial charge in [0.05, 0.1) is 21.1 Å². The highest BCUT2D eigenvalue weighted by atomic mass is 35.5. The Hall–Kier alpha value is -4.67. The summed E-state index contributed by atoms with van der Waals surface area (Å²) in [5, 5.41) is 22.6. The van der Waals surface area contributed by atoms with Crippen molar-refractivity contribution in [3.63, 3.8) is 0 Å². The summed E-state index contributed by atoms with van der Waals surface area (Å²) in [6, 6.07) is 61.7. The molecule has 284 valence electrons. The quantitative estimate of drug-likeness (QED) is 0.0746. The van der Waals surface area contributed by atoms with E-state index < -0.39 is 10.1 Å². The van der Waals surface area contributed by atoms with E-state index in [1.54, 1.807) is 30.3 Å². The molecule has 10 heteroatoms. The summed E-state index contributed by atoms with van der Waals surface area (Å²) in [6.07, 6.45) is 0. The number of aromatic hydroxyl groups is 1. The van der Waals surface area contributed by atoms with Crippen LogP contribution in [0.3, 0.4) is 0 Å². The third kappa shape index (κ3) is 13.8. The normalized spacial score (nSPS) is 10.4. The van der Waals surface area contributed by atoms with Gasteiger partial charge in [0.25, 0.3) is 0 Å². The van der Waals surface area contributed by atoms with Gasteiger partial charge in [-0.2, -0.15) is 0 Å². The number of para-hydroxylation sites is 2. The number of aryl methyl sites for hydroxylation is 1. The van der Waals surface area contributed by atoms with Crippen LogP contribution in [0.2, 0.25) is 0 Å². The van der Waals surface area contributed by atoms with Crippen molar-refractivity contribution in [2.24, 2.45) is 0 Å². The second-order valence-electron chi connectivity index (χ2n) is 11.1. The highest BCUT2D eigenvalue weighted by Crippen LogP contribution is 2.36. The zero-order valence-electron chi connectivity index (χ0n) is 30.2. The van der Waals surface area contributed by atoms with E-state index in [4.69, 9.17) is 23.2 Å². The molecule has 0 aliphatic carbocycles. The predicted octanol–water partition coefficient (Wildman–Crippen LogP) is 11.1. The van der Waals surface area contributed by atoms with Gasteiger partial charge in [0, 0.05) is 0 Å². The minimum Gasteiger partial charge on any atom is -0.869 e. The fourth-order valence-electron chi connectivity index (χ4n) is 4.96. The number of alkyl halides is 2. The third-order valence-corrected chi connectivity index (χ3v) is 12.8. The molecule has 0 unspecified atom stereocenters. The molecule has 0 atom stereocenters. The van der Waals surface area contributed by atoms with E-state index in [0.717, 1.165) is 15.4 Å². The van der Waals surface area contributed by atoms with Crippen molar-refractivity contribution in [3.05, 3.63) is 207 Å². The Morgan fingerprint density at radius 3 is 1.16 bits per heavy atom. The lowest BCUT2D eigenvalue weighted by atomic mass is 10.2. The first-order valence-electron chi connectivity index (χ1n) is 16.5. The van der Waals surface area contributed by atoms with E-state index in [1.807, 2.05) is 110 Å². The number of phenols is 1. The molecule has 0 aliphatic heterocycles. The largest absolute Gasteiger partial charge is 0.869 e. The average Bonchev–Trinajstić information content (AvgIpc) is 3.19. The molecule has 7 rings (SSSR count). The van der Waals surface area contributed by atoms with Crippen molar-refractivity contribution in [3.8, 4) is 11.5 Å². The molecule has 0 saturated heterocycles. The van der Waals surface area contributed by atoms with Gasteiger partial charge >= 0.3 is 0 Å². The Labute approximate surface area is 341 Å². The maximum Gasteiger partial charge on any atom is 0.208 e. The lowest BCUT2D eigenvalue weighted by Gasteiger charge is -2.14. The molecule has 0 heterocycles. The molecule has 7 aromatic rings. The smallest absolute Gasteiger partial charge is 0.208 e. The Morgan fingerprint density at radius 2 is 0.818 bits per heavy atom. The molecule has 0 radical (unpaired) electrons. The van der Waals surface area contributed by atoms with Crippen LogP contribution in [-0.4, -0.2) is 23.4 Å². The molecular formula is C45H41Cl2O5S3-. The van der Waals surface area contributed by atoms with Crippen molar-refractivity contribution in [1.29, 1.82) is 0 Å². The van der Waals surface area contributed by atoms with Crippen LogP contribution in [0.5, 0.6) is 11.5 Å². The van der Waals surface area contributed by atoms with Crippen LogP contribution in [0, 0.1) is 14.4 Å². The summed E-state index contributed by atoms with van der Waals surface area (Å²) in [6.45, 7) is 1.82. The van der Waals surface area contributed by atoms with E-state index in [1.165, 1.54) is 31.7 Å². The molecule has 55 heavy (non-hydrogen) atoms. The van der Waals surface area contributed by atoms with Crippen LogP contribution in [-0.2, 0) is 31.9 Å². The number of hydrogen-bond acceptors (Lipinski definition) is 5. The Bertz CT molecular complexity index is 2030. The van der Waals surface area contributed by atoms with Crippen LogP contribution >= 0.6 is 23.2 Å². The van der Waals surface area contributed by atoms with Crippen LogP contribution in [0.4, 0.5) is 0 Å². The zero-order chi connectivity index (χ0) is 38.8. The highest BCUT2D eigenvalue weighted by Gasteiger charge is 2.31. The van der Waals surface area contributed by atoms with Gasteiger partial charge in [0.1, 0.15) is 21.0 Å². The van der Waals surface area contributed by atoms with Gasteiger partial charge in [0.15, 0.2) is 30.2 Å². The molecule has 0 aliphatic rings. The highest BCUT2D eigenvalue weighted by molar-refractivity contribution is 7.97. The maximum absolute atomic E-state index is 12.2. The zero-order valence-corrected chi connectivity index (χ0v) is 34.2. The maximum atomic E-state index is 12.2. The Morgan fingerprint density at radius 1 is 0.509 bits per heavy atom. The molecule has 1 N–H and O–H groups in total. The van der Waals surface area contributed by atoms with E-state index in [-0.39, 0.29) is 45.2 Å². The number of phenolic OH excluding ortho intramolecular Hbond substituents is 1. The second-order valence-corrected chi connectivity index (χ2v) is 17.3. The van der Waals surface area contributed by atoms with Crippen molar-refractivity contribution >= 4 is 55.1 Å². The van der Waals surface area contributed by atoms with Crippen molar-refractivity contribution in [2.75, 3.05) is 5.34 Å². The van der Waals surface area contributed by atoms with E-state index in [2.05, 4.69) is 48.5 Å². The molecule has 0 spiro atoms. The topological polar surface area (TPSA) is 100 Å². The van der Waals surface area contributed by atoms with Crippen LogP contribution < -0.4 is 5.11 Å². The van der Waals surface area contributed by atoms with Crippen molar-refractivity contribution in [2.45, 2.75) is 41.2 Å². The van der Waals surface area contributed by atoms with Crippen LogP contribution in [0.25, 0.3) is 0 Å². The molecule has 0 aromatic heterocycles. The number of hydrogen-bond donors (Lipinski definition) is 1. The van der Waals surface area contributed by atoms with Crippen LogP contribution in [0.1, 0.15) is 5.56 Å². The molecule has 0 amide bonds. The summed E-state index contributed by atoms with van der Waals surface area (Å²) >= 11 is 9.53. The molecule has 0 fully saturated rings. The fraction of sp³-hybridized carbons (Fsp3) is 0.0444. The summed E-state index contributed by atoms with van der Waals surface area (Å²) in [7, 11) is -4.88. The number of rotatable bonds is 7. The van der Waals surface area contributed by atoms with Gasteiger partial charge in [0.2, 0.25) is 4.90 Å². The summed E-state index contributed by atoms with van der Waals surface area (Å²) < 4.78 is 31.2. The first-order valence-corrected chi connectivity index (χ1v) is 21.4. The second kappa shape index (κ2) is 23.3. The summed E-state index contributed by atoms with van der Waals surface area (Å²) in [5.74, 6) is 0.451. The van der Waals surface area contributed by atoms with Crippen LogP contribution in [0.15, 0.2) is 228 Å². The Balaban J connectivity index is 0.000000220. The van der Waals surface area contributed by atoms with Crippen molar-refractivity contribution in [1.82, 2.24) is 0 Å². The van der Waals surface area contributed by atoms with E-state index in [9.17, 15) is 23.2 Å². The lowest BCUT2D eigenvalue weighted by molar-refractivity contribution is -0.272. The average molecular weight is 829 g/mol.